The van der Waals surface area contributed by atoms with Crippen molar-refractivity contribution in [2.45, 2.75) is 52.0 Å². The molecule has 2 rings (SSSR count). The fourth-order valence-electron chi connectivity index (χ4n) is 3.01. The SMILES string of the molecule is CCC(C)N(CC(=O)Nc1cccc(C)c1C)S(=O)(=O)c1cc([N+](=O)[O-])ccc1C. The van der Waals surface area contributed by atoms with Crippen LogP contribution in [0.1, 0.15) is 37.0 Å². The molecule has 8 nitrogen and oxygen atoms in total. The number of nitrogens with zero attached hydrogens (tertiary/aromatic N) is 2. The van der Waals surface area contributed by atoms with E-state index in [0.717, 1.165) is 21.5 Å². The molecule has 30 heavy (non-hydrogen) atoms. The number of nitrogens with one attached hydrogen (secondary N) is 1. The lowest BCUT2D eigenvalue weighted by molar-refractivity contribution is -0.385. The predicted octanol–water partition coefficient (Wildman–Crippen LogP) is 3.95. The number of carbonyl (C=O) groups is 1. The van der Waals surface area contributed by atoms with Gasteiger partial charge in [-0.2, -0.15) is 4.31 Å². The molecule has 0 bridgehead atoms. The zero-order chi connectivity index (χ0) is 22.6. The number of anilines is 1. The maximum absolute atomic E-state index is 13.4. The molecule has 0 radical (unpaired) electrons. The fraction of sp³-hybridized carbons (Fsp3) is 0.381. The van der Waals surface area contributed by atoms with Gasteiger partial charge in [-0.15, -0.1) is 0 Å². The molecular formula is C21H27N3O5S. The number of aryl methyl sites for hydroxylation is 2. The minimum atomic E-state index is -4.14. The van der Waals surface area contributed by atoms with E-state index in [-0.39, 0.29) is 10.6 Å². The van der Waals surface area contributed by atoms with Gasteiger partial charge in [0.2, 0.25) is 15.9 Å². The van der Waals surface area contributed by atoms with Crippen molar-refractivity contribution in [3.63, 3.8) is 0 Å². The standard InChI is InChI=1S/C21H27N3O5S/c1-6-16(4)23(13-21(25)22-19-9-7-8-14(2)17(19)5)30(28,29)20-12-18(24(26)27)11-10-15(20)3/h7-12,16H,6,13H2,1-5H3,(H,22,25). The molecule has 0 aliphatic carbocycles. The number of hydrogen-bond donors (Lipinski definition) is 1. The Balaban J connectivity index is 2.40. The van der Waals surface area contributed by atoms with Crippen LogP contribution in [0.2, 0.25) is 0 Å². The molecule has 9 heteroatoms. The topological polar surface area (TPSA) is 110 Å². The Hall–Kier alpha value is -2.78. The number of sulfonamides is 1. The highest BCUT2D eigenvalue weighted by Crippen LogP contribution is 2.27. The van der Waals surface area contributed by atoms with E-state index < -0.39 is 33.4 Å². The lowest BCUT2D eigenvalue weighted by atomic mass is 10.1. The van der Waals surface area contributed by atoms with Crippen LogP contribution in [0.3, 0.4) is 0 Å². The lowest BCUT2D eigenvalue weighted by Gasteiger charge is -2.28. The summed E-state index contributed by atoms with van der Waals surface area (Å²) in [6.45, 7) is 8.49. The first-order valence-corrected chi connectivity index (χ1v) is 11.1. The Labute approximate surface area is 177 Å². The van der Waals surface area contributed by atoms with Gasteiger partial charge in [0.15, 0.2) is 0 Å². The maximum Gasteiger partial charge on any atom is 0.270 e. The molecule has 0 fully saturated rings. The third-order valence-corrected chi connectivity index (χ3v) is 7.33. The monoisotopic (exact) mass is 433 g/mol. The summed E-state index contributed by atoms with van der Waals surface area (Å²) in [4.78, 5) is 23.0. The largest absolute Gasteiger partial charge is 0.325 e. The van der Waals surface area contributed by atoms with Crippen molar-refractivity contribution in [3.8, 4) is 0 Å². The van der Waals surface area contributed by atoms with Crippen molar-refractivity contribution in [2.75, 3.05) is 11.9 Å². The van der Waals surface area contributed by atoms with Gasteiger partial charge in [0, 0.05) is 23.9 Å². The van der Waals surface area contributed by atoms with Crippen molar-refractivity contribution in [1.82, 2.24) is 4.31 Å². The Morgan fingerprint density at radius 2 is 1.83 bits per heavy atom. The van der Waals surface area contributed by atoms with Gasteiger partial charge in [-0.05, 0) is 56.9 Å². The molecule has 0 saturated carbocycles. The molecule has 162 valence electrons. The molecule has 0 aliphatic heterocycles. The minimum absolute atomic E-state index is 0.170. The van der Waals surface area contributed by atoms with Crippen molar-refractivity contribution in [1.29, 1.82) is 0 Å². The zero-order valence-electron chi connectivity index (χ0n) is 17.8. The van der Waals surface area contributed by atoms with E-state index in [9.17, 15) is 23.3 Å². The molecule has 1 atom stereocenters. The molecular weight excluding hydrogens is 406 g/mol. The van der Waals surface area contributed by atoms with Gasteiger partial charge in [-0.3, -0.25) is 14.9 Å². The Kier molecular flexibility index (Phi) is 7.33. The van der Waals surface area contributed by atoms with Crippen molar-refractivity contribution in [2.24, 2.45) is 0 Å². The van der Waals surface area contributed by atoms with Gasteiger partial charge in [-0.25, -0.2) is 8.42 Å². The van der Waals surface area contributed by atoms with E-state index >= 15 is 0 Å². The first-order chi connectivity index (χ1) is 14.0. The molecule has 0 spiro atoms. The Bertz CT molecular complexity index is 1070. The molecule has 0 saturated heterocycles. The van der Waals surface area contributed by atoms with Crippen LogP contribution in [0.25, 0.3) is 0 Å². The van der Waals surface area contributed by atoms with Gasteiger partial charge in [-0.1, -0.05) is 25.1 Å². The van der Waals surface area contributed by atoms with Crippen LogP contribution in [0, 0.1) is 30.9 Å². The summed E-state index contributed by atoms with van der Waals surface area (Å²) in [5.41, 5.74) is 2.59. The number of non-ortho nitro benzene ring substituents is 1. The van der Waals surface area contributed by atoms with Crippen molar-refractivity contribution in [3.05, 3.63) is 63.2 Å². The first kappa shape index (κ1) is 23.5. The summed E-state index contributed by atoms with van der Waals surface area (Å²) in [6.07, 6.45) is 0.476. The summed E-state index contributed by atoms with van der Waals surface area (Å²) >= 11 is 0. The summed E-state index contributed by atoms with van der Waals surface area (Å²) in [5, 5.41) is 13.9. The second-order valence-electron chi connectivity index (χ2n) is 7.31. The third kappa shape index (κ3) is 5.03. The number of nitro groups is 1. The van der Waals surface area contributed by atoms with E-state index in [4.69, 9.17) is 0 Å². The van der Waals surface area contributed by atoms with E-state index in [1.165, 1.54) is 12.1 Å². The van der Waals surface area contributed by atoms with E-state index in [2.05, 4.69) is 5.32 Å². The van der Waals surface area contributed by atoms with E-state index in [1.807, 2.05) is 32.9 Å². The predicted molar refractivity (Wildman–Crippen MR) is 116 cm³/mol. The molecule has 1 unspecified atom stereocenters. The molecule has 1 N–H and O–H groups in total. The summed E-state index contributed by atoms with van der Waals surface area (Å²) in [7, 11) is -4.14. The number of hydrogen-bond acceptors (Lipinski definition) is 5. The van der Waals surface area contributed by atoms with E-state index in [1.54, 1.807) is 19.9 Å². The number of rotatable bonds is 8. The van der Waals surface area contributed by atoms with Crippen LogP contribution in [0.15, 0.2) is 41.3 Å². The Morgan fingerprint density at radius 1 is 1.17 bits per heavy atom. The van der Waals surface area contributed by atoms with Crippen LogP contribution in [0.5, 0.6) is 0 Å². The molecule has 2 aromatic carbocycles. The number of benzene rings is 2. The maximum atomic E-state index is 13.4. The second-order valence-corrected chi connectivity index (χ2v) is 9.17. The average molecular weight is 434 g/mol. The summed E-state index contributed by atoms with van der Waals surface area (Å²) in [5.74, 6) is -0.476. The van der Waals surface area contributed by atoms with Crippen LogP contribution in [0.4, 0.5) is 11.4 Å². The highest BCUT2D eigenvalue weighted by Gasteiger charge is 2.32. The van der Waals surface area contributed by atoms with Gasteiger partial charge in [0.25, 0.3) is 5.69 Å². The molecule has 1 amide bonds. The van der Waals surface area contributed by atoms with Crippen molar-refractivity contribution >= 4 is 27.3 Å². The van der Waals surface area contributed by atoms with Gasteiger partial charge in [0.05, 0.1) is 16.4 Å². The Morgan fingerprint density at radius 3 is 2.43 bits per heavy atom. The fourth-order valence-corrected chi connectivity index (χ4v) is 4.91. The van der Waals surface area contributed by atoms with Crippen LogP contribution in [-0.4, -0.2) is 36.1 Å². The van der Waals surface area contributed by atoms with Gasteiger partial charge >= 0.3 is 0 Å². The van der Waals surface area contributed by atoms with Crippen LogP contribution < -0.4 is 5.32 Å². The number of nitro benzene ring substituents is 1. The molecule has 0 aromatic heterocycles. The second kappa shape index (κ2) is 9.36. The molecule has 2 aromatic rings. The van der Waals surface area contributed by atoms with Crippen LogP contribution >= 0.6 is 0 Å². The quantitative estimate of drug-likeness (QED) is 0.501. The minimum Gasteiger partial charge on any atom is -0.325 e. The van der Waals surface area contributed by atoms with Crippen molar-refractivity contribution < 1.29 is 18.1 Å². The molecule has 0 aliphatic rings. The summed E-state index contributed by atoms with van der Waals surface area (Å²) < 4.78 is 27.8. The summed E-state index contributed by atoms with van der Waals surface area (Å²) in [6, 6.07) is 8.72. The highest BCUT2D eigenvalue weighted by molar-refractivity contribution is 7.89. The first-order valence-electron chi connectivity index (χ1n) is 9.62. The smallest absolute Gasteiger partial charge is 0.270 e. The lowest BCUT2D eigenvalue weighted by Crippen LogP contribution is -2.43. The highest BCUT2D eigenvalue weighted by atomic mass is 32.2. The van der Waals surface area contributed by atoms with E-state index in [0.29, 0.717) is 17.7 Å². The van der Waals surface area contributed by atoms with Gasteiger partial charge in [0.1, 0.15) is 0 Å². The normalized spacial score (nSPS) is 12.6. The zero-order valence-corrected chi connectivity index (χ0v) is 18.6. The van der Waals surface area contributed by atoms with Crippen LogP contribution in [-0.2, 0) is 14.8 Å². The average Bonchev–Trinajstić information content (AvgIpc) is 2.69. The number of amides is 1. The third-order valence-electron chi connectivity index (χ3n) is 5.23. The molecule has 0 heterocycles. The number of carbonyl (C=O) groups excluding carboxylic acids is 1. The van der Waals surface area contributed by atoms with Gasteiger partial charge < -0.3 is 5.32 Å².